The zero-order valence-electron chi connectivity index (χ0n) is 12.9. The number of aromatic nitrogens is 1. The van der Waals surface area contributed by atoms with E-state index in [0.717, 1.165) is 10.0 Å². The Labute approximate surface area is 149 Å². The molecule has 0 radical (unpaired) electrons. The van der Waals surface area contributed by atoms with E-state index in [0.29, 0.717) is 10.9 Å². The first kappa shape index (κ1) is 16.8. The van der Waals surface area contributed by atoms with Gasteiger partial charge in [-0.25, -0.2) is 0 Å². The van der Waals surface area contributed by atoms with Crippen molar-refractivity contribution >= 4 is 44.1 Å². The highest BCUT2D eigenvalue weighted by Crippen LogP contribution is 2.37. The Kier molecular flexibility index (Phi) is 4.32. The number of hydrogen-bond donors (Lipinski definition) is 2. The van der Waals surface area contributed by atoms with Crippen LogP contribution in [0.3, 0.4) is 0 Å². The third-order valence-electron chi connectivity index (χ3n) is 3.60. The number of nitro benzene ring substituents is 1. The number of nitrogens with zero attached hydrogens (tertiary/aromatic N) is 3. The average Bonchev–Trinajstić information content (AvgIpc) is 2.87. The molecule has 2 aromatic carbocycles. The summed E-state index contributed by atoms with van der Waals surface area (Å²) in [5, 5.41) is 28.7. The van der Waals surface area contributed by atoms with E-state index in [1.807, 2.05) is 6.92 Å². The molecule has 0 aliphatic heterocycles. The molecule has 0 saturated carbocycles. The van der Waals surface area contributed by atoms with Crippen molar-refractivity contribution in [3.05, 3.63) is 62.1 Å². The number of rotatable bonds is 3. The van der Waals surface area contributed by atoms with Gasteiger partial charge in [0.2, 0.25) is 5.88 Å². The normalized spacial score (nSPS) is 11.3. The van der Waals surface area contributed by atoms with Crippen LogP contribution in [0, 0.1) is 17.0 Å². The maximum absolute atomic E-state index is 12.1. The van der Waals surface area contributed by atoms with Gasteiger partial charge in [-0.05, 0) is 36.8 Å². The number of nitrogens with one attached hydrogen (secondary N) is 1. The molecule has 1 aromatic heterocycles. The summed E-state index contributed by atoms with van der Waals surface area (Å²) in [4.78, 5) is 24.9. The van der Waals surface area contributed by atoms with Crippen LogP contribution in [-0.2, 0) is 0 Å². The zero-order chi connectivity index (χ0) is 18.1. The highest BCUT2D eigenvalue weighted by molar-refractivity contribution is 9.10. The van der Waals surface area contributed by atoms with Crippen molar-refractivity contribution in [2.75, 3.05) is 0 Å². The number of aromatic amines is 1. The molecule has 1 amide bonds. The minimum Gasteiger partial charge on any atom is -0.493 e. The number of halogens is 1. The van der Waals surface area contributed by atoms with Crippen molar-refractivity contribution in [3.63, 3.8) is 0 Å². The van der Waals surface area contributed by atoms with Gasteiger partial charge in [0.05, 0.1) is 10.4 Å². The number of benzene rings is 2. The summed E-state index contributed by atoms with van der Waals surface area (Å²) in [6.45, 7) is 1.89. The first-order chi connectivity index (χ1) is 11.9. The number of aryl methyl sites for hydroxylation is 1. The predicted octanol–water partition coefficient (Wildman–Crippen LogP) is 4.78. The molecule has 8 nitrogen and oxygen atoms in total. The van der Waals surface area contributed by atoms with Crippen molar-refractivity contribution in [1.82, 2.24) is 4.98 Å². The molecule has 0 aliphatic rings. The van der Waals surface area contributed by atoms with Gasteiger partial charge in [0.1, 0.15) is 0 Å². The van der Waals surface area contributed by atoms with Crippen molar-refractivity contribution < 1.29 is 14.8 Å². The van der Waals surface area contributed by atoms with E-state index in [1.165, 1.54) is 24.3 Å². The molecule has 9 heteroatoms. The van der Waals surface area contributed by atoms with E-state index in [-0.39, 0.29) is 22.8 Å². The smallest absolute Gasteiger partial charge is 0.295 e. The fourth-order valence-electron chi connectivity index (χ4n) is 2.28. The average molecular weight is 403 g/mol. The molecule has 3 rings (SSSR count). The van der Waals surface area contributed by atoms with Gasteiger partial charge in [-0.15, -0.1) is 10.2 Å². The minimum absolute atomic E-state index is 0.121. The molecule has 3 aromatic rings. The van der Waals surface area contributed by atoms with E-state index in [4.69, 9.17) is 0 Å². The van der Waals surface area contributed by atoms with Crippen LogP contribution in [0.4, 0.5) is 11.4 Å². The van der Waals surface area contributed by atoms with E-state index < -0.39 is 10.8 Å². The Hall–Kier alpha value is -3.07. The molecule has 0 atom stereocenters. The molecule has 0 aliphatic carbocycles. The maximum Gasteiger partial charge on any atom is 0.295 e. The molecule has 2 N–H and O–H groups in total. The van der Waals surface area contributed by atoms with E-state index in [9.17, 15) is 20.0 Å². The largest absolute Gasteiger partial charge is 0.493 e. The fraction of sp³-hybridized carbons (Fsp3) is 0.0625. The lowest BCUT2D eigenvalue weighted by Crippen LogP contribution is -1.94. The van der Waals surface area contributed by atoms with Gasteiger partial charge < -0.3 is 10.1 Å². The molecule has 0 bridgehead atoms. The van der Waals surface area contributed by atoms with Gasteiger partial charge in [0.15, 0.2) is 5.69 Å². The Bertz CT molecular complexity index is 1020. The molecular formula is C16H11BrN4O4. The lowest BCUT2D eigenvalue weighted by molar-refractivity contribution is -0.384. The fourth-order valence-corrected chi connectivity index (χ4v) is 2.62. The SMILES string of the molecule is Cc1cc2c(N=NC(=O)c3ccc([N+](=O)[O-])cc3)c(O)[nH]c2cc1Br. The molecule has 0 spiro atoms. The first-order valence-electron chi connectivity index (χ1n) is 7.08. The number of fused-ring (bicyclic) bond motifs is 1. The highest BCUT2D eigenvalue weighted by atomic mass is 79.9. The maximum atomic E-state index is 12.1. The second-order valence-corrected chi connectivity index (χ2v) is 6.13. The first-order valence-corrected chi connectivity index (χ1v) is 7.87. The number of azo groups is 1. The second kappa shape index (κ2) is 6.44. The summed E-state index contributed by atoms with van der Waals surface area (Å²) < 4.78 is 0.867. The van der Waals surface area contributed by atoms with Crippen LogP contribution in [0.15, 0.2) is 51.1 Å². The van der Waals surface area contributed by atoms with E-state index >= 15 is 0 Å². The van der Waals surface area contributed by atoms with Crippen molar-refractivity contribution in [3.8, 4) is 5.88 Å². The minimum atomic E-state index is -0.669. The number of nitro groups is 1. The zero-order valence-corrected chi connectivity index (χ0v) is 14.4. The molecule has 0 saturated heterocycles. The molecule has 1 heterocycles. The van der Waals surface area contributed by atoms with Crippen LogP contribution in [0.25, 0.3) is 10.9 Å². The second-order valence-electron chi connectivity index (χ2n) is 5.28. The molecular weight excluding hydrogens is 392 g/mol. The van der Waals surface area contributed by atoms with Gasteiger partial charge in [0.25, 0.3) is 11.6 Å². The lowest BCUT2D eigenvalue weighted by Gasteiger charge is -1.98. The number of amides is 1. The summed E-state index contributed by atoms with van der Waals surface area (Å²) in [5.41, 5.74) is 1.77. The van der Waals surface area contributed by atoms with Crippen LogP contribution in [0.5, 0.6) is 5.88 Å². The van der Waals surface area contributed by atoms with E-state index in [2.05, 4.69) is 31.1 Å². The molecule has 0 fully saturated rings. The van der Waals surface area contributed by atoms with Gasteiger partial charge in [-0.2, -0.15) is 0 Å². The highest BCUT2D eigenvalue weighted by Gasteiger charge is 2.14. The number of H-pyrrole nitrogens is 1. The van der Waals surface area contributed by atoms with Crippen LogP contribution < -0.4 is 0 Å². The molecule has 126 valence electrons. The van der Waals surface area contributed by atoms with Crippen molar-refractivity contribution in [2.45, 2.75) is 6.92 Å². The Morgan fingerprint density at radius 3 is 2.60 bits per heavy atom. The lowest BCUT2D eigenvalue weighted by atomic mass is 10.1. The summed E-state index contributed by atoms with van der Waals surface area (Å²) in [5.74, 6) is -0.870. The number of non-ortho nitro benzene ring substituents is 1. The quantitative estimate of drug-likeness (QED) is 0.371. The number of carbonyl (C=O) groups is 1. The Morgan fingerprint density at radius 2 is 1.96 bits per heavy atom. The third kappa shape index (κ3) is 3.26. The summed E-state index contributed by atoms with van der Waals surface area (Å²) >= 11 is 3.40. The number of carbonyl (C=O) groups excluding carboxylic acids is 1. The van der Waals surface area contributed by atoms with Crippen LogP contribution in [-0.4, -0.2) is 20.9 Å². The van der Waals surface area contributed by atoms with Gasteiger partial charge in [-0.1, -0.05) is 15.9 Å². The molecule has 25 heavy (non-hydrogen) atoms. The number of aromatic hydroxyl groups is 1. The summed E-state index contributed by atoms with van der Waals surface area (Å²) in [6.07, 6.45) is 0. The third-order valence-corrected chi connectivity index (χ3v) is 4.45. The van der Waals surface area contributed by atoms with E-state index in [1.54, 1.807) is 12.1 Å². The van der Waals surface area contributed by atoms with Crippen molar-refractivity contribution in [2.24, 2.45) is 10.2 Å². The Balaban J connectivity index is 1.92. The van der Waals surface area contributed by atoms with Gasteiger partial charge in [-0.3, -0.25) is 14.9 Å². The molecule has 0 unspecified atom stereocenters. The number of hydrogen-bond acceptors (Lipinski definition) is 5. The monoisotopic (exact) mass is 402 g/mol. The summed E-state index contributed by atoms with van der Waals surface area (Å²) in [6, 6.07) is 8.63. The van der Waals surface area contributed by atoms with Gasteiger partial charge in [0, 0.05) is 27.6 Å². The topological polar surface area (TPSA) is 121 Å². The summed E-state index contributed by atoms with van der Waals surface area (Å²) in [7, 11) is 0. The van der Waals surface area contributed by atoms with Crippen LogP contribution in [0.2, 0.25) is 0 Å². The van der Waals surface area contributed by atoms with Crippen molar-refractivity contribution in [1.29, 1.82) is 0 Å². The standard InChI is InChI=1S/C16H11BrN4O4/c1-8-6-11-13(7-12(8)17)18-16(23)14(11)19-20-15(22)9-2-4-10(5-3-9)21(24)25/h2-7,18,23H,1H3. The van der Waals surface area contributed by atoms with Crippen LogP contribution >= 0.6 is 15.9 Å². The Morgan fingerprint density at radius 1 is 1.28 bits per heavy atom. The van der Waals surface area contributed by atoms with Gasteiger partial charge >= 0.3 is 0 Å². The predicted molar refractivity (Wildman–Crippen MR) is 94.3 cm³/mol. The van der Waals surface area contributed by atoms with Crippen LogP contribution in [0.1, 0.15) is 15.9 Å².